The number of halogens is 1. The van der Waals surface area contributed by atoms with E-state index in [2.05, 4.69) is 15.3 Å². The van der Waals surface area contributed by atoms with Gasteiger partial charge in [-0.2, -0.15) is 0 Å². The number of nitrogens with two attached hydrogens (primary N) is 1. The van der Waals surface area contributed by atoms with E-state index in [4.69, 9.17) is 5.73 Å². The van der Waals surface area contributed by atoms with Crippen molar-refractivity contribution in [3.05, 3.63) is 17.8 Å². The minimum absolute atomic E-state index is 0.166. The average Bonchev–Trinajstić information content (AvgIpc) is 2.24. The van der Waals surface area contributed by atoms with Crippen molar-refractivity contribution in [2.24, 2.45) is 5.73 Å². The van der Waals surface area contributed by atoms with Crippen molar-refractivity contribution in [1.82, 2.24) is 9.97 Å². The number of aromatic nitrogens is 2. The van der Waals surface area contributed by atoms with Crippen LogP contribution in [0.15, 0.2) is 6.33 Å². The molecule has 3 N–H and O–H groups in total. The van der Waals surface area contributed by atoms with E-state index in [1.165, 1.54) is 6.33 Å². The number of rotatable bonds is 5. The molecule has 0 amide bonds. The van der Waals surface area contributed by atoms with Gasteiger partial charge in [0.25, 0.3) is 0 Å². The van der Waals surface area contributed by atoms with Crippen LogP contribution < -0.4 is 11.1 Å². The lowest BCUT2D eigenvalue weighted by Gasteiger charge is -2.17. The van der Waals surface area contributed by atoms with Crippen molar-refractivity contribution in [2.45, 2.75) is 32.7 Å². The zero-order valence-corrected chi connectivity index (χ0v) is 9.13. The van der Waals surface area contributed by atoms with Crippen LogP contribution in [0.4, 0.5) is 10.2 Å². The van der Waals surface area contributed by atoms with Crippen LogP contribution in [-0.2, 0) is 0 Å². The summed E-state index contributed by atoms with van der Waals surface area (Å²) < 4.78 is 13.5. The van der Waals surface area contributed by atoms with E-state index in [0.717, 1.165) is 12.8 Å². The highest BCUT2D eigenvalue weighted by atomic mass is 19.1. The third kappa shape index (κ3) is 3.13. The third-order valence-electron chi connectivity index (χ3n) is 2.31. The molecule has 1 heterocycles. The first-order valence-corrected chi connectivity index (χ1v) is 5.12. The molecule has 0 saturated carbocycles. The molecule has 1 aromatic rings. The monoisotopic (exact) mass is 212 g/mol. The van der Waals surface area contributed by atoms with Gasteiger partial charge in [-0.25, -0.2) is 14.4 Å². The maximum Gasteiger partial charge on any atom is 0.186 e. The third-order valence-corrected chi connectivity index (χ3v) is 2.31. The van der Waals surface area contributed by atoms with Gasteiger partial charge in [-0.15, -0.1) is 0 Å². The molecule has 5 heteroatoms. The zero-order valence-electron chi connectivity index (χ0n) is 9.13. The zero-order chi connectivity index (χ0) is 11.3. The van der Waals surface area contributed by atoms with Gasteiger partial charge < -0.3 is 11.1 Å². The molecule has 0 fully saturated rings. The quantitative estimate of drug-likeness (QED) is 0.775. The molecular formula is C10H17FN4. The second-order valence-electron chi connectivity index (χ2n) is 3.45. The molecule has 0 aromatic carbocycles. The van der Waals surface area contributed by atoms with Crippen LogP contribution >= 0.6 is 0 Å². The Balaban J connectivity index is 2.74. The standard InChI is InChI=1S/C10H17FN4/c1-3-8(4-5-12)15-10-9(11)7(2)13-6-14-10/h6,8H,3-5,12H2,1-2H3,(H,13,14,15). The summed E-state index contributed by atoms with van der Waals surface area (Å²) in [6.45, 7) is 4.22. The Morgan fingerprint density at radius 3 is 2.87 bits per heavy atom. The lowest BCUT2D eigenvalue weighted by molar-refractivity contribution is 0.587. The Bertz CT molecular complexity index is 316. The van der Waals surface area contributed by atoms with Crippen molar-refractivity contribution in [3.8, 4) is 0 Å². The van der Waals surface area contributed by atoms with E-state index in [0.29, 0.717) is 12.2 Å². The van der Waals surface area contributed by atoms with Gasteiger partial charge in [0, 0.05) is 6.04 Å². The number of hydrogen-bond acceptors (Lipinski definition) is 4. The summed E-state index contributed by atoms with van der Waals surface area (Å²) >= 11 is 0. The molecule has 1 unspecified atom stereocenters. The van der Waals surface area contributed by atoms with E-state index < -0.39 is 0 Å². The van der Waals surface area contributed by atoms with Gasteiger partial charge in [0.15, 0.2) is 11.6 Å². The highest BCUT2D eigenvalue weighted by Crippen LogP contribution is 2.14. The average molecular weight is 212 g/mol. The summed E-state index contributed by atoms with van der Waals surface area (Å²) in [5, 5.41) is 3.03. The predicted molar refractivity (Wildman–Crippen MR) is 58.1 cm³/mol. The van der Waals surface area contributed by atoms with Gasteiger partial charge in [0.1, 0.15) is 6.33 Å². The van der Waals surface area contributed by atoms with E-state index in [-0.39, 0.29) is 17.7 Å². The highest BCUT2D eigenvalue weighted by molar-refractivity contribution is 5.37. The van der Waals surface area contributed by atoms with Gasteiger partial charge in [0.05, 0.1) is 5.69 Å². The molecule has 0 bridgehead atoms. The smallest absolute Gasteiger partial charge is 0.186 e. The normalized spacial score (nSPS) is 12.5. The number of hydrogen-bond donors (Lipinski definition) is 2. The van der Waals surface area contributed by atoms with Crippen LogP contribution in [0.3, 0.4) is 0 Å². The SMILES string of the molecule is CCC(CCN)Nc1ncnc(C)c1F. The highest BCUT2D eigenvalue weighted by Gasteiger charge is 2.11. The number of nitrogens with zero attached hydrogens (tertiary/aromatic N) is 2. The van der Waals surface area contributed by atoms with Gasteiger partial charge in [0.2, 0.25) is 0 Å². The Morgan fingerprint density at radius 2 is 2.27 bits per heavy atom. The van der Waals surface area contributed by atoms with Gasteiger partial charge in [-0.1, -0.05) is 6.92 Å². The van der Waals surface area contributed by atoms with Crippen LogP contribution in [0.5, 0.6) is 0 Å². The van der Waals surface area contributed by atoms with Gasteiger partial charge in [-0.05, 0) is 26.3 Å². The minimum atomic E-state index is -0.382. The van der Waals surface area contributed by atoms with E-state index in [9.17, 15) is 4.39 Å². The van der Waals surface area contributed by atoms with Crippen molar-refractivity contribution < 1.29 is 4.39 Å². The first-order valence-electron chi connectivity index (χ1n) is 5.12. The van der Waals surface area contributed by atoms with Crippen molar-refractivity contribution in [1.29, 1.82) is 0 Å². The molecule has 1 aromatic heterocycles. The summed E-state index contributed by atoms with van der Waals surface area (Å²) in [6, 6.07) is 0.166. The van der Waals surface area contributed by atoms with Crippen LogP contribution in [0, 0.1) is 12.7 Å². The maximum atomic E-state index is 13.5. The molecule has 0 spiro atoms. The topological polar surface area (TPSA) is 63.8 Å². The van der Waals surface area contributed by atoms with Crippen molar-refractivity contribution in [2.75, 3.05) is 11.9 Å². The van der Waals surface area contributed by atoms with Gasteiger partial charge in [-0.3, -0.25) is 0 Å². The molecule has 4 nitrogen and oxygen atoms in total. The molecule has 0 radical (unpaired) electrons. The molecule has 0 aliphatic carbocycles. The molecule has 15 heavy (non-hydrogen) atoms. The number of nitrogens with one attached hydrogen (secondary N) is 1. The first kappa shape index (κ1) is 11.8. The predicted octanol–water partition coefficient (Wildman–Crippen LogP) is 1.46. The van der Waals surface area contributed by atoms with Crippen LogP contribution in [0.25, 0.3) is 0 Å². The molecule has 0 aliphatic rings. The van der Waals surface area contributed by atoms with Crippen molar-refractivity contribution >= 4 is 5.82 Å². The minimum Gasteiger partial charge on any atom is -0.365 e. The van der Waals surface area contributed by atoms with E-state index in [1.807, 2.05) is 6.92 Å². The Morgan fingerprint density at radius 1 is 1.53 bits per heavy atom. The lowest BCUT2D eigenvalue weighted by atomic mass is 10.1. The van der Waals surface area contributed by atoms with Crippen LogP contribution in [-0.4, -0.2) is 22.6 Å². The first-order chi connectivity index (χ1) is 7.19. The molecule has 0 saturated heterocycles. The second-order valence-corrected chi connectivity index (χ2v) is 3.45. The Kier molecular flexibility index (Phi) is 4.42. The molecule has 84 valence electrons. The summed E-state index contributed by atoms with van der Waals surface area (Å²) in [4.78, 5) is 7.64. The fraction of sp³-hybridized carbons (Fsp3) is 0.600. The Labute approximate surface area is 89.1 Å². The van der Waals surface area contributed by atoms with Crippen LogP contribution in [0.1, 0.15) is 25.5 Å². The molecule has 1 rings (SSSR count). The second kappa shape index (κ2) is 5.60. The summed E-state index contributed by atoms with van der Waals surface area (Å²) in [6.07, 6.45) is 3.05. The summed E-state index contributed by atoms with van der Waals surface area (Å²) in [7, 11) is 0. The van der Waals surface area contributed by atoms with Crippen molar-refractivity contribution in [3.63, 3.8) is 0 Å². The fourth-order valence-electron chi connectivity index (χ4n) is 1.33. The summed E-state index contributed by atoms with van der Waals surface area (Å²) in [5.41, 5.74) is 5.82. The van der Waals surface area contributed by atoms with E-state index in [1.54, 1.807) is 6.92 Å². The number of aryl methyl sites for hydroxylation is 1. The Hall–Kier alpha value is -1.23. The summed E-state index contributed by atoms with van der Waals surface area (Å²) in [5.74, 6) is -0.115. The molecule has 0 aliphatic heterocycles. The largest absolute Gasteiger partial charge is 0.365 e. The molecular weight excluding hydrogens is 195 g/mol. The van der Waals surface area contributed by atoms with E-state index >= 15 is 0 Å². The lowest BCUT2D eigenvalue weighted by Crippen LogP contribution is -2.23. The number of anilines is 1. The van der Waals surface area contributed by atoms with Crippen LogP contribution in [0.2, 0.25) is 0 Å². The maximum absolute atomic E-state index is 13.5. The van der Waals surface area contributed by atoms with Gasteiger partial charge >= 0.3 is 0 Å². The molecule has 1 atom stereocenters. The fourth-order valence-corrected chi connectivity index (χ4v) is 1.33.